The van der Waals surface area contributed by atoms with Gasteiger partial charge in [0.15, 0.2) is 0 Å². The molecule has 11 heavy (non-hydrogen) atoms. The van der Waals surface area contributed by atoms with Gasteiger partial charge in [0, 0.05) is 0 Å². The second-order valence-corrected chi connectivity index (χ2v) is 2.43. The second kappa shape index (κ2) is 29.6. The molecule has 0 aromatic rings. The molecule has 0 spiro atoms. The predicted octanol–water partition coefficient (Wildman–Crippen LogP) is -6.55. The molecule has 0 saturated carbocycles. The van der Waals surface area contributed by atoms with E-state index < -0.39 is 0 Å². The Morgan fingerprint density at radius 3 is 1.64 bits per heavy atom. The Morgan fingerprint density at radius 1 is 0.909 bits per heavy atom. The maximum atomic E-state index is 2.75. The van der Waals surface area contributed by atoms with Gasteiger partial charge >= 0.3 is 22.4 Å². The van der Waals surface area contributed by atoms with Crippen LogP contribution in [0.15, 0.2) is 0 Å². The summed E-state index contributed by atoms with van der Waals surface area (Å²) in [7, 11) is 2.75. The summed E-state index contributed by atoms with van der Waals surface area (Å²) >= 11 is 0. The van der Waals surface area contributed by atoms with Crippen LogP contribution >= 0.6 is 9.24 Å². The van der Waals surface area contributed by atoms with Crippen LogP contribution in [0.4, 0.5) is 0 Å². The van der Waals surface area contributed by atoms with Gasteiger partial charge in [-0.2, -0.15) is 0 Å². The molecule has 0 aromatic carbocycles. The van der Waals surface area contributed by atoms with E-state index in [1.807, 2.05) is 0 Å². The molecule has 0 aromatic heterocycles. The molecule has 0 amide bonds. The van der Waals surface area contributed by atoms with Gasteiger partial charge in [-0.1, -0.05) is 26.2 Å². The van der Waals surface area contributed by atoms with E-state index in [0.717, 1.165) is 0 Å². The van der Waals surface area contributed by atoms with Crippen molar-refractivity contribution >= 4 is 9.24 Å². The zero-order chi connectivity index (χ0) is 5.54. The maximum absolute atomic E-state index is 2.75. The fraction of sp³-hybridized carbons (Fsp3) is 1.00. The molecule has 1 atom stereocenters. The van der Waals surface area contributed by atoms with Crippen LogP contribution in [0.2, 0.25) is 0 Å². The summed E-state index contributed by atoms with van der Waals surface area (Å²) in [6.45, 7) is 2.24. The van der Waals surface area contributed by atoms with E-state index in [0.29, 0.717) is 0 Å². The molecule has 1 unspecified atom stereocenters. The number of unbranched alkanes of at least 4 members (excludes halogenated alkanes) is 3. The van der Waals surface area contributed by atoms with E-state index in [9.17, 15) is 0 Å². The quantitative estimate of drug-likeness (QED) is 0.241. The Morgan fingerprint density at radius 2 is 1.36 bits per heavy atom. The van der Waals surface area contributed by atoms with Crippen molar-refractivity contribution in [2.24, 2.45) is 0 Å². The second-order valence-electron chi connectivity index (χ2n) is 1.85. The Kier molecular flexibility index (Phi) is 78.7. The molecule has 0 N–H and O–H groups in total. The molecule has 0 saturated heterocycles. The first-order chi connectivity index (χ1) is 3.41. The minimum Gasteiger partial charge on any atom is -1.00 e. The van der Waals surface area contributed by atoms with Crippen LogP contribution in [0.1, 0.15) is 32.6 Å². The van der Waals surface area contributed by atoms with Gasteiger partial charge in [-0.15, -0.1) is 9.24 Å². The molecule has 5 heteroatoms. The topological polar surface area (TPSA) is 0 Å². The van der Waals surface area contributed by atoms with Crippen molar-refractivity contribution in [1.82, 2.24) is 0 Å². The molecular weight excluding hydrogens is 406 g/mol. The SMILES string of the molecule is CCCCCCP.[Au+3].[Cl-].[Cl-].[Cl-]. The van der Waals surface area contributed by atoms with Crippen molar-refractivity contribution in [3.05, 3.63) is 0 Å². The molecule has 0 nitrogen and oxygen atoms in total. The van der Waals surface area contributed by atoms with Gasteiger partial charge < -0.3 is 37.2 Å². The fourth-order valence-electron chi connectivity index (χ4n) is 0.571. The van der Waals surface area contributed by atoms with Gasteiger partial charge in [-0.25, -0.2) is 0 Å². The van der Waals surface area contributed by atoms with Gasteiger partial charge in [-0.05, 0) is 12.6 Å². The molecule has 0 rings (SSSR count). The van der Waals surface area contributed by atoms with Gasteiger partial charge in [0.25, 0.3) is 0 Å². The Balaban J connectivity index is -0.0000000300. The average Bonchev–Trinajstić information content (AvgIpc) is 1.69. The van der Waals surface area contributed by atoms with E-state index in [1.54, 1.807) is 0 Å². The van der Waals surface area contributed by atoms with Crippen molar-refractivity contribution in [3.8, 4) is 0 Å². The molecular formula is C6H15AuCl3P. The summed E-state index contributed by atoms with van der Waals surface area (Å²) in [6.07, 6.45) is 6.84. The van der Waals surface area contributed by atoms with Crippen LogP contribution < -0.4 is 37.2 Å². The monoisotopic (exact) mass is 420 g/mol. The summed E-state index contributed by atoms with van der Waals surface area (Å²) in [4.78, 5) is 0. The van der Waals surface area contributed by atoms with Gasteiger partial charge in [0.1, 0.15) is 0 Å². The smallest absolute Gasteiger partial charge is 1.00 e. The van der Waals surface area contributed by atoms with Crippen LogP contribution in [0.25, 0.3) is 0 Å². The molecule has 0 aliphatic carbocycles. The molecule has 76 valence electrons. The van der Waals surface area contributed by atoms with Gasteiger partial charge in [0.05, 0.1) is 0 Å². The zero-order valence-electron chi connectivity index (χ0n) is 6.55. The number of halogens is 3. The molecule has 0 aliphatic rings. The van der Waals surface area contributed by atoms with Crippen LogP contribution in [0.5, 0.6) is 0 Å². The largest absolute Gasteiger partial charge is 3.00 e. The first-order valence-corrected chi connectivity index (χ1v) is 3.93. The number of hydrogen-bond acceptors (Lipinski definition) is 0. The van der Waals surface area contributed by atoms with E-state index in [2.05, 4.69) is 16.2 Å². The zero-order valence-corrected chi connectivity index (χ0v) is 12.1. The third kappa shape index (κ3) is 33.3. The molecule has 0 radical (unpaired) electrons. The van der Waals surface area contributed by atoms with Crippen molar-refractivity contribution in [3.63, 3.8) is 0 Å². The Hall–Kier alpha value is 2.04. The van der Waals surface area contributed by atoms with Crippen LogP contribution in [-0.2, 0) is 22.4 Å². The standard InChI is InChI=1S/C6H15P.Au.3ClH/c1-2-3-4-5-6-7;;;;/h2-7H2,1H3;;3*1H/q;+3;;;/p-3. The van der Waals surface area contributed by atoms with Gasteiger partial charge in [-0.3, -0.25) is 0 Å². The Labute approximate surface area is 107 Å². The van der Waals surface area contributed by atoms with E-state index >= 15 is 0 Å². The van der Waals surface area contributed by atoms with E-state index in [-0.39, 0.29) is 59.6 Å². The predicted molar refractivity (Wildman–Crippen MR) is 38.7 cm³/mol. The maximum Gasteiger partial charge on any atom is 3.00 e. The van der Waals surface area contributed by atoms with Crippen LogP contribution in [0, 0.1) is 0 Å². The van der Waals surface area contributed by atoms with Crippen LogP contribution in [-0.4, -0.2) is 6.16 Å². The first-order valence-electron chi connectivity index (χ1n) is 3.12. The summed E-state index contributed by atoms with van der Waals surface area (Å²) in [5.41, 5.74) is 0. The van der Waals surface area contributed by atoms with Crippen LogP contribution in [0.3, 0.4) is 0 Å². The van der Waals surface area contributed by atoms with Gasteiger partial charge in [0.2, 0.25) is 0 Å². The minimum atomic E-state index is 0. The third-order valence-corrected chi connectivity index (χ3v) is 1.47. The van der Waals surface area contributed by atoms with E-state index in [1.165, 1.54) is 31.8 Å². The summed E-state index contributed by atoms with van der Waals surface area (Å²) in [5, 5.41) is 0. The normalized spacial score (nSPS) is 6.00. The third-order valence-electron chi connectivity index (χ3n) is 1.06. The summed E-state index contributed by atoms with van der Waals surface area (Å²) in [6, 6.07) is 0. The van der Waals surface area contributed by atoms with Crippen molar-refractivity contribution in [2.45, 2.75) is 32.6 Å². The summed E-state index contributed by atoms with van der Waals surface area (Å²) < 4.78 is 0. The van der Waals surface area contributed by atoms with Crippen molar-refractivity contribution in [2.75, 3.05) is 6.16 Å². The van der Waals surface area contributed by atoms with Crippen molar-refractivity contribution in [1.29, 1.82) is 0 Å². The van der Waals surface area contributed by atoms with Crippen molar-refractivity contribution < 1.29 is 59.6 Å². The average molecular weight is 421 g/mol. The minimum absolute atomic E-state index is 0. The molecule has 0 heterocycles. The van der Waals surface area contributed by atoms with E-state index in [4.69, 9.17) is 0 Å². The number of rotatable bonds is 4. The Bertz CT molecular complexity index is 37.0. The molecule has 0 bridgehead atoms. The molecule has 0 fully saturated rings. The summed E-state index contributed by atoms with van der Waals surface area (Å²) in [5.74, 6) is 0. The fourth-order valence-corrected chi connectivity index (χ4v) is 0.860. The molecule has 0 aliphatic heterocycles. The first kappa shape index (κ1) is 29.2. The number of hydrogen-bond donors (Lipinski definition) is 0.